The maximum Gasteiger partial charge on any atom is 0.335 e. The van der Waals surface area contributed by atoms with Crippen LogP contribution in [0.4, 0.5) is 5.69 Å². The topological polar surface area (TPSA) is 155 Å². The van der Waals surface area contributed by atoms with Crippen LogP contribution in [0.15, 0.2) is 18.2 Å². The van der Waals surface area contributed by atoms with Crippen molar-refractivity contribution in [1.82, 2.24) is 0 Å². The van der Waals surface area contributed by atoms with Gasteiger partial charge in [0.1, 0.15) is 24.1 Å². The Hall–Kier alpha value is -2.24. The fraction of sp³-hybridized carbons (Fsp3) is 0.529. The summed E-state index contributed by atoms with van der Waals surface area (Å²) in [5, 5.41) is 41.4. The first-order valence-corrected chi connectivity index (χ1v) is 8.29. The van der Waals surface area contributed by atoms with Crippen LogP contribution in [0, 0.1) is 0 Å². The van der Waals surface area contributed by atoms with E-state index in [1.54, 1.807) is 19.1 Å². The highest BCUT2D eigenvalue weighted by atomic mass is 16.7. The number of carboxylic acids is 1. The lowest BCUT2D eigenvalue weighted by Crippen LogP contribution is -2.61. The normalized spacial score (nSPS) is 27.8. The first kappa shape index (κ1) is 21.1. The molecule has 0 spiro atoms. The predicted octanol–water partition coefficient (Wildman–Crippen LogP) is -0.547. The highest BCUT2D eigenvalue weighted by Crippen LogP contribution is 2.31. The minimum atomic E-state index is -1.82. The second kappa shape index (κ2) is 9.11. The maximum absolute atomic E-state index is 11.8. The van der Waals surface area contributed by atoms with E-state index in [4.69, 9.17) is 19.3 Å². The SMILES string of the molecule is CCC(=O)Nc1cc(COC)ccc1OC1O[C@H](C(=O)O)[C@@H](O)[C@H](O)[C@H]1O. The molecule has 10 nitrogen and oxygen atoms in total. The van der Waals surface area contributed by atoms with Gasteiger partial charge in [-0.1, -0.05) is 13.0 Å². The van der Waals surface area contributed by atoms with E-state index in [0.717, 1.165) is 5.56 Å². The van der Waals surface area contributed by atoms with Crippen LogP contribution in [-0.2, 0) is 25.7 Å². The Morgan fingerprint density at radius 2 is 1.89 bits per heavy atom. The number of hydrogen-bond donors (Lipinski definition) is 5. The van der Waals surface area contributed by atoms with Crippen LogP contribution in [0.2, 0.25) is 0 Å². The molecule has 1 saturated heterocycles. The van der Waals surface area contributed by atoms with Gasteiger partial charge in [0.2, 0.25) is 12.2 Å². The molecule has 1 aromatic carbocycles. The zero-order valence-corrected chi connectivity index (χ0v) is 14.9. The maximum atomic E-state index is 11.8. The number of carboxylic acid groups (broad SMARTS) is 1. The average molecular weight is 385 g/mol. The van der Waals surface area contributed by atoms with Gasteiger partial charge >= 0.3 is 5.97 Å². The number of hydrogen-bond acceptors (Lipinski definition) is 8. The summed E-state index contributed by atoms with van der Waals surface area (Å²) < 4.78 is 15.6. The number of ether oxygens (including phenoxy) is 3. The summed E-state index contributed by atoms with van der Waals surface area (Å²) in [6.07, 6.45) is -8.46. The molecule has 2 rings (SSSR count). The molecule has 1 aliphatic heterocycles. The van der Waals surface area contributed by atoms with Crippen molar-refractivity contribution < 1.29 is 44.2 Å². The van der Waals surface area contributed by atoms with Crippen LogP contribution in [-0.4, -0.2) is 70.1 Å². The van der Waals surface area contributed by atoms with Crippen LogP contribution >= 0.6 is 0 Å². The third kappa shape index (κ3) is 4.93. The van der Waals surface area contributed by atoms with Crippen molar-refractivity contribution in [2.45, 2.75) is 50.7 Å². The molecule has 0 radical (unpaired) electrons. The number of amides is 1. The van der Waals surface area contributed by atoms with Crippen molar-refractivity contribution in [2.24, 2.45) is 0 Å². The van der Waals surface area contributed by atoms with Crippen molar-refractivity contribution in [3.8, 4) is 5.75 Å². The molecule has 0 aliphatic carbocycles. The third-order valence-electron chi connectivity index (χ3n) is 4.01. The lowest BCUT2D eigenvalue weighted by Gasteiger charge is -2.38. The van der Waals surface area contributed by atoms with E-state index in [9.17, 15) is 24.9 Å². The van der Waals surface area contributed by atoms with Gasteiger partial charge < -0.3 is 40.0 Å². The fourth-order valence-electron chi connectivity index (χ4n) is 2.55. The third-order valence-corrected chi connectivity index (χ3v) is 4.01. The Kier molecular flexibility index (Phi) is 7.11. The van der Waals surface area contributed by atoms with E-state index in [1.807, 2.05) is 0 Å². The van der Waals surface area contributed by atoms with E-state index in [2.05, 4.69) is 5.32 Å². The molecule has 27 heavy (non-hydrogen) atoms. The van der Waals surface area contributed by atoms with Crippen molar-refractivity contribution in [2.75, 3.05) is 12.4 Å². The Bertz CT molecular complexity index is 680. The smallest absolute Gasteiger partial charge is 0.335 e. The number of carbonyl (C=O) groups excluding carboxylic acids is 1. The largest absolute Gasteiger partial charge is 0.479 e. The molecule has 1 heterocycles. The molecule has 5 N–H and O–H groups in total. The van der Waals surface area contributed by atoms with E-state index in [0.29, 0.717) is 0 Å². The number of nitrogens with one attached hydrogen (secondary N) is 1. The number of aliphatic hydroxyl groups excluding tert-OH is 3. The molecular weight excluding hydrogens is 362 g/mol. The zero-order chi connectivity index (χ0) is 20.1. The van der Waals surface area contributed by atoms with Crippen LogP contribution in [0.3, 0.4) is 0 Å². The first-order valence-electron chi connectivity index (χ1n) is 8.29. The van der Waals surface area contributed by atoms with Gasteiger partial charge in [-0.3, -0.25) is 4.79 Å². The number of benzene rings is 1. The van der Waals surface area contributed by atoms with E-state index in [-0.39, 0.29) is 30.4 Å². The molecule has 150 valence electrons. The molecule has 1 fully saturated rings. The quantitative estimate of drug-likeness (QED) is 0.416. The highest BCUT2D eigenvalue weighted by Gasteiger charge is 2.48. The summed E-state index contributed by atoms with van der Waals surface area (Å²) in [4.78, 5) is 22.9. The minimum absolute atomic E-state index is 0.0911. The number of rotatable bonds is 7. The molecule has 1 unspecified atom stereocenters. The van der Waals surface area contributed by atoms with Crippen LogP contribution in [0.25, 0.3) is 0 Å². The predicted molar refractivity (Wildman–Crippen MR) is 91.0 cm³/mol. The standard InChI is InChI=1S/C17H23NO9/c1-3-11(19)18-9-6-8(7-25-2)4-5-10(9)26-17-14(22)12(20)13(21)15(27-17)16(23)24/h4-6,12-15,17,20-22H,3,7H2,1-2H3,(H,18,19)(H,23,24)/t12-,13-,14+,15-,17?/m0/s1. The first-order chi connectivity index (χ1) is 12.8. The van der Waals surface area contributed by atoms with Crippen molar-refractivity contribution in [1.29, 1.82) is 0 Å². The van der Waals surface area contributed by atoms with Crippen LogP contribution in [0.5, 0.6) is 5.75 Å². The highest BCUT2D eigenvalue weighted by molar-refractivity contribution is 5.92. The van der Waals surface area contributed by atoms with Gasteiger partial charge in [-0.2, -0.15) is 0 Å². The molecule has 5 atom stereocenters. The molecule has 1 aromatic rings. The zero-order valence-electron chi connectivity index (χ0n) is 14.9. The minimum Gasteiger partial charge on any atom is -0.479 e. The molecule has 0 bridgehead atoms. The summed E-state index contributed by atoms with van der Waals surface area (Å²) in [5.41, 5.74) is 1.000. The Morgan fingerprint density at radius 1 is 1.19 bits per heavy atom. The van der Waals surface area contributed by atoms with Gasteiger partial charge in [0.05, 0.1) is 12.3 Å². The molecule has 0 aromatic heterocycles. The van der Waals surface area contributed by atoms with Gasteiger partial charge in [-0.25, -0.2) is 4.79 Å². The average Bonchev–Trinajstić information content (AvgIpc) is 2.63. The number of methoxy groups -OCH3 is 1. The van der Waals surface area contributed by atoms with Crippen molar-refractivity contribution in [3.05, 3.63) is 23.8 Å². The summed E-state index contributed by atoms with van der Waals surface area (Å²) in [6, 6.07) is 4.74. The van der Waals surface area contributed by atoms with Gasteiger partial charge in [-0.05, 0) is 17.7 Å². The lowest BCUT2D eigenvalue weighted by atomic mass is 9.99. The van der Waals surface area contributed by atoms with Crippen LogP contribution in [0.1, 0.15) is 18.9 Å². The fourth-order valence-corrected chi connectivity index (χ4v) is 2.55. The van der Waals surface area contributed by atoms with E-state index >= 15 is 0 Å². The summed E-state index contributed by atoms with van der Waals surface area (Å²) in [6.45, 7) is 1.95. The number of carbonyl (C=O) groups is 2. The second-order valence-corrected chi connectivity index (χ2v) is 6.02. The van der Waals surface area contributed by atoms with E-state index < -0.39 is 36.7 Å². The van der Waals surface area contributed by atoms with Gasteiger partial charge in [0.25, 0.3) is 0 Å². The van der Waals surface area contributed by atoms with Gasteiger partial charge in [0, 0.05) is 13.5 Å². The lowest BCUT2D eigenvalue weighted by molar-refractivity contribution is -0.271. The van der Waals surface area contributed by atoms with Crippen molar-refractivity contribution >= 4 is 17.6 Å². The molecule has 0 saturated carbocycles. The van der Waals surface area contributed by atoms with Gasteiger partial charge in [-0.15, -0.1) is 0 Å². The summed E-state index contributed by atoms with van der Waals surface area (Å²) in [5.74, 6) is -1.72. The molecule has 1 aliphatic rings. The van der Waals surface area contributed by atoms with Gasteiger partial charge in [0.15, 0.2) is 6.10 Å². The Labute approximate surface area is 155 Å². The molecular formula is C17H23NO9. The Morgan fingerprint density at radius 3 is 2.48 bits per heavy atom. The van der Waals surface area contributed by atoms with Crippen LogP contribution < -0.4 is 10.1 Å². The number of aliphatic carboxylic acids is 1. The van der Waals surface area contributed by atoms with Crippen molar-refractivity contribution in [3.63, 3.8) is 0 Å². The second-order valence-electron chi connectivity index (χ2n) is 6.02. The Balaban J connectivity index is 2.28. The molecule has 1 amide bonds. The number of aliphatic hydroxyl groups is 3. The van der Waals surface area contributed by atoms with E-state index in [1.165, 1.54) is 13.2 Å². The number of anilines is 1. The summed E-state index contributed by atoms with van der Waals surface area (Å²) in [7, 11) is 1.51. The monoisotopic (exact) mass is 385 g/mol. The molecule has 10 heteroatoms. The summed E-state index contributed by atoms with van der Waals surface area (Å²) >= 11 is 0.